The third-order valence-corrected chi connectivity index (χ3v) is 2.67. The average molecular weight is 321 g/mol. The molecule has 0 aromatic carbocycles. The van der Waals surface area contributed by atoms with E-state index < -0.39 is 16.7 Å². The molecule has 1 N–H and O–H groups in total. The van der Waals surface area contributed by atoms with Crippen LogP contribution in [-0.2, 0) is 20.9 Å². The molecule has 7 nitrogen and oxygen atoms in total. The lowest BCUT2D eigenvalue weighted by Gasteiger charge is -2.07. The molecule has 0 radical (unpaired) electrons. The topological polar surface area (TPSA) is 90.7 Å². The summed E-state index contributed by atoms with van der Waals surface area (Å²) in [7, 11) is 2.78. The minimum absolute atomic E-state index is 0.0952. The summed E-state index contributed by atoms with van der Waals surface area (Å²) in [5.74, 6) is -0.448. The summed E-state index contributed by atoms with van der Waals surface area (Å²) in [6, 6.07) is 1.47. The van der Waals surface area contributed by atoms with E-state index in [1.807, 2.05) is 0 Å². The van der Waals surface area contributed by atoms with Crippen molar-refractivity contribution >= 4 is 27.8 Å². The van der Waals surface area contributed by atoms with Crippen molar-refractivity contribution in [3.63, 3.8) is 0 Å². The number of nitrogens with one attached hydrogen (secondary N) is 1. The van der Waals surface area contributed by atoms with Crippen molar-refractivity contribution in [1.82, 2.24) is 10.5 Å². The van der Waals surface area contributed by atoms with Crippen LogP contribution < -0.4 is 5.32 Å². The highest BCUT2D eigenvalue weighted by Gasteiger charge is 2.18. The van der Waals surface area contributed by atoms with Crippen molar-refractivity contribution in [3.05, 3.63) is 17.5 Å². The normalized spacial score (nSPS) is 11.9. The zero-order chi connectivity index (χ0) is 13.5. The number of halogens is 1. The number of methoxy groups -OCH3 is 2. The zero-order valence-electron chi connectivity index (χ0n) is 9.94. The smallest absolute Gasteiger partial charge is 0.321 e. The lowest BCUT2D eigenvalue weighted by molar-refractivity contribution is -0.139. The van der Waals surface area contributed by atoms with Crippen LogP contribution in [0, 0.1) is 0 Å². The Morgan fingerprint density at radius 1 is 1.56 bits per heavy atom. The first kappa shape index (κ1) is 14.7. The fourth-order valence-corrected chi connectivity index (χ4v) is 1.46. The first-order chi connectivity index (χ1) is 8.58. The largest absolute Gasteiger partial charge is 0.468 e. The number of rotatable bonds is 6. The number of aromatic nitrogens is 1. The minimum Gasteiger partial charge on any atom is -0.468 e. The molecule has 0 aliphatic heterocycles. The number of carbonyl (C=O) groups excluding carboxylic acids is 2. The summed E-state index contributed by atoms with van der Waals surface area (Å²) in [6.45, 7) is 0.335. The van der Waals surface area contributed by atoms with E-state index in [1.54, 1.807) is 0 Å². The first-order valence-corrected chi connectivity index (χ1v) is 5.94. The van der Waals surface area contributed by atoms with Crippen LogP contribution in [0.25, 0.3) is 0 Å². The number of hydrogen-bond donors (Lipinski definition) is 1. The number of alkyl halides is 1. The number of nitrogens with zero attached hydrogens (tertiary/aromatic N) is 1. The summed E-state index contributed by atoms with van der Waals surface area (Å²) in [4.78, 5) is 22.1. The van der Waals surface area contributed by atoms with Crippen LogP contribution in [0.3, 0.4) is 0 Å². The Morgan fingerprint density at radius 3 is 2.89 bits per heavy atom. The van der Waals surface area contributed by atoms with Gasteiger partial charge in [0.05, 0.1) is 7.11 Å². The Balaban J connectivity index is 2.47. The van der Waals surface area contributed by atoms with Crippen molar-refractivity contribution in [3.8, 4) is 0 Å². The maximum Gasteiger partial charge on any atom is 0.321 e. The lowest BCUT2D eigenvalue weighted by atomic mass is 10.3. The summed E-state index contributed by atoms with van der Waals surface area (Å²) in [5, 5.41) is 6.10. The van der Waals surface area contributed by atoms with E-state index in [-0.39, 0.29) is 18.8 Å². The molecule has 1 rings (SSSR count). The SMILES string of the molecule is COCc1cc(C(=O)NCC(Br)C(=O)OC)no1. The molecule has 0 saturated heterocycles. The average Bonchev–Trinajstić information content (AvgIpc) is 2.83. The Morgan fingerprint density at radius 2 is 2.28 bits per heavy atom. The predicted molar refractivity (Wildman–Crippen MR) is 64.3 cm³/mol. The van der Waals surface area contributed by atoms with Crippen LogP contribution in [-0.4, -0.2) is 42.6 Å². The number of ether oxygens (including phenoxy) is 2. The fourth-order valence-electron chi connectivity index (χ4n) is 1.11. The molecule has 8 heteroatoms. The fraction of sp³-hybridized carbons (Fsp3) is 0.500. The second-order valence-corrected chi connectivity index (χ2v) is 4.42. The van der Waals surface area contributed by atoms with Gasteiger partial charge in [0.2, 0.25) is 0 Å². The van der Waals surface area contributed by atoms with Gasteiger partial charge in [-0.2, -0.15) is 0 Å². The summed E-state index contributed by atoms with van der Waals surface area (Å²) >= 11 is 3.08. The molecule has 18 heavy (non-hydrogen) atoms. The van der Waals surface area contributed by atoms with Crippen LogP contribution in [0.2, 0.25) is 0 Å². The van der Waals surface area contributed by atoms with Gasteiger partial charge in [0.15, 0.2) is 11.5 Å². The Hall–Kier alpha value is -1.41. The monoisotopic (exact) mass is 320 g/mol. The van der Waals surface area contributed by atoms with Crippen LogP contribution in [0.4, 0.5) is 0 Å². The molecule has 0 fully saturated rings. The molecule has 1 aromatic rings. The van der Waals surface area contributed by atoms with E-state index in [4.69, 9.17) is 9.26 Å². The second-order valence-electron chi connectivity index (χ2n) is 3.31. The maximum atomic E-state index is 11.6. The van der Waals surface area contributed by atoms with Gasteiger partial charge in [0, 0.05) is 19.7 Å². The van der Waals surface area contributed by atoms with Crippen molar-refractivity contribution in [2.24, 2.45) is 0 Å². The summed E-state index contributed by atoms with van der Waals surface area (Å²) in [6.07, 6.45) is 0. The third-order valence-electron chi connectivity index (χ3n) is 1.98. The third kappa shape index (κ3) is 4.11. The molecular formula is C10H13BrN2O5. The van der Waals surface area contributed by atoms with Crippen LogP contribution in [0.1, 0.15) is 16.2 Å². The summed E-state index contributed by atoms with van der Waals surface area (Å²) in [5.41, 5.74) is 0.131. The maximum absolute atomic E-state index is 11.6. The van der Waals surface area contributed by atoms with Crippen LogP contribution in [0.15, 0.2) is 10.6 Å². The van der Waals surface area contributed by atoms with E-state index in [2.05, 4.69) is 31.1 Å². The van der Waals surface area contributed by atoms with E-state index in [1.165, 1.54) is 20.3 Å². The zero-order valence-corrected chi connectivity index (χ0v) is 11.5. The number of esters is 1. The second kappa shape index (κ2) is 7.12. The molecule has 100 valence electrons. The Bertz CT molecular complexity index is 420. The van der Waals surface area contributed by atoms with Gasteiger partial charge in [0.25, 0.3) is 5.91 Å². The molecule has 1 atom stereocenters. The van der Waals surface area contributed by atoms with Gasteiger partial charge < -0.3 is 19.3 Å². The molecule has 1 amide bonds. The van der Waals surface area contributed by atoms with Gasteiger partial charge >= 0.3 is 5.97 Å². The number of carbonyl (C=O) groups is 2. The van der Waals surface area contributed by atoms with E-state index in [0.717, 1.165) is 0 Å². The van der Waals surface area contributed by atoms with Gasteiger partial charge in [-0.15, -0.1) is 0 Å². The van der Waals surface area contributed by atoms with Gasteiger partial charge in [-0.05, 0) is 0 Å². The lowest BCUT2D eigenvalue weighted by Crippen LogP contribution is -2.34. The quantitative estimate of drug-likeness (QED) is 0.606. The molecular weight excluding hydrogens is 308 g/mol. The van der Waals surface area contributed by atoms with Crippen LogP contribution in [0.5, 0.6) is 0 Å². The van der Waals surface area contributed by atoms with Crippen molar-refractivity contribution in [1.29, 1.82) is 0 Å². The van der Waals surface area contributed by atoms with Gasteiger partial charge in [-0.3, -0.25) is 9.59 Å². The highest BCUT2D eigenvalue weighted by Crippen LogP contribution is 2.05. The standard InChI is InChI=1S/C10H13BrN2O5/c1-16-5-6-3-8(13-18-6)9(14)12-4-7(11)10(15)17-2/h3,7H,4-5H2,1-2H3,(H,12,14). The first-order valence-electron chi connectivity index (χ1n) is 5.03. The summed E-state index contributed by atoms with van der Waals surface area (Å²) < 4.78 is 14.2. The highest BCUT2D eigenvalue weighted by atomic mass is 79.9. The van der Waals surface area contributed by atoms with Crippen molar-refractivity contribution in [2.45, 2.75) is 11.4 Å². The Labute approximate surface area is 112 Å². The van der Waals surface area contributed by atoms with E-state index >= 15 is 0 Å². The molecule has 0 spiro atoms. The molecule has 0 saturated carbocycles. The molecule has 0 bridgehead atoms. The number of hydrogen-bond acceptors (Lipinski definition) is 6. The molecule has 1 aromatic heterocycles. The minimum atomic E-state index is -0.600. The molecule has 1 heterocycles. The van der Waals surface area contributed by atoms with Gasteiger partial charge in [-0.1, -0.05) is 21.1 Å². The Kier molecular flexibility index (Phi) is 5.79. The number of amides is 1. The van der Waals surface area contributed by atoms with Gasteiger partial charge in [-0.25, -0.2) is 0 Å². The molecule has 0 aliphatic rings. The van der Waals surface area contributed by atoms with Gasteiger partial charge in [0.1, 0.15) is 11.4 Å². The van der Waals surface area contributed by atoms with Crippen molar-refractivity contribution < 1.29 is 23.6 Å². The van der Waals surface area contributed by atoms with E-state index in [9.17, 15) is 9.59 Å². The highest BCUT2D eigenvalue weighted by molar-refractivity contribution is 9.10. The molecule has 0 aliphatic carbocycles. The predicted octanol–water partition coefficient (Wildman–Crippen LogP) is 0.487. The molecule has 1 unspecified atom stereocenters. The van der Waals surface area contributed by atoms with E-state index in [0.29, 0.717) is 5.76 Å². The van der Waals surface area contributed by atoms with Crippen molar-refractivity contribution in [2.75, 3.05) is 20.8 Å². The van der Waals surface area contributed by atoms with Crippen LogP contribution >= 0.6 is 15.9 Å².